The summed E-state index contributed by atoms with van der Waals surface area (Å²) in [7, 11) is 0. The van der Waals surface area contributed by atoms with Gasteiger partial charge in [0.1, 0.15) is 5.69 Å². The SMILES string of the molecule is CCOC(=O)[C@@H]1[C@H]2CN(C(=O)CCc3nc4ccccc4[nH]c3=O)C[C@@H]2C=C[C@@H]1C. The van der Waals surface area contributed by atoms with Crippen LogP contribution < -0.4 is 5.56 Å². The van der Waals surface area contributed by atoms with Gasteiger partial charge in [-0.2, -0.15) is 0 Å². The molecule has 0 radical (unpaired) electrons. The number of nitrogens with zero attached hydrogens (tertiary/aromatic N) is 2. The molecule has 2 aromatic rings. The lowest BCUT2D eigenvalue weighted by molar-refractivity contribution is -0.152. The van der Waals surface area contributed by atoms with Gasteiger partial charge in [0.15, 0.2) is 0 Å². The third-order valence-corrected chi connectivity index (χ3v) is 6.26. The standard InChI is InChI=1S/C23H27N3O4/c1-3-30-23(29)21-14(2)8-9-15-12-26(13-16(15)21)20(27)11-10-19-22(28)25-18-7-5-4-6-17(18)24-19/h4-9,14-16,21H,3,10-13H2,1-2H3,(H,25,28)/t14-,15-,16-,21-/m0/s1. The number of rotatable bonds is 5. The Kier molecular flexibility index (Phi) is 5.70. The third-order valence-electron chi connectivity index (χ3n) is 6.26. The second-order valence-electron chi connectivity index (χ2n) is 8.18. The molecule has 4 rings (SSSR count). The van der Waals surface area contributed by atoms with Gasteiger partial charge in [0.25, 0.3) is 5.56 Å². The molecular weight excluding hydrogens is 382 g/mol. The Morgan fingerprint density at radius 2 is 2.03 bits per heavy atom. The van der Waals surface area contributed by atoms with E-state index in [1.165, 1.54) is 0 Å². The van der Waals surface area contributed by atoms with Crippen molar-refractivity contribution in [2.75, 3.05) is 19.7 Å². The third kappa shape index (κ3) is 3.88. The van der Waals surface area contributed by atoms with Crippen LogP contribution in [0.4, 0.5) is 0 Å². The van der Waals surface area contributed by atoms with E-state index in [1.807, 2.05) is 36.9 Å². The van der Waals surface area contributed by atoms with Gasteiger partial charge in [0, 0.05) is 25.9 Å². The van der Waals surface area contributed by atoms with Crippen molar-refractivity contribution in [1.82, 2.24) is 14.9 Å². The van der Waals surface area contributed by atoms with E-state index < -0.39 is 0 Å². The van der Waals surface area contributed by atoms with Crippen LogP contribution in [0, 0.1) is 23.7 Å². The molecule has 158 valence electrons. The molecule has 0 bridgehead atoms. The maximum atomic E-state index is 12.9. The van der Waals surface area contributed by atoms with Crippen LogP contribution in [0.2, 0.25) is 0 Å². The fourth-order valence-electron chi connectivity index (χ4n) is 4.72. The average Bonchev–Trinajstić information content (AvgIpc) is 3.16. The number of nitrogens with one attached hydrogen (secondary N) is 1. The zero-order valence-electron chi connectivity index (χ0n) is 17.3. The molecule has 1 aliphatic heterocycles. The largest absolute Gasteiger partial charge is 0.466 e. The molecule has 7 nitrogen and oxygen atoms in total. The summed E-state index contributed by atoms with van der Waals surface area (Å²) in [5.41, 5.74) is 1.52. The van der Waals surface area contributed by atoms with Gasteiger partial charge in [0.2, 0.25) is 5.91 Å². The number of hydrogen-bond acceptors (Lipinski definition) is 5. The minimum Gasteiger partial charge on any atom is -0.466 e. The molecule has 1 N–H and O–H groups in total. The van der Waals surface area contributed by atoms with Crippen LogP contribution in [0.1, 0.15) is 26.0 Å². The lowest BCUT2D eigenvalue weighted by Gasteiger charge is -2.31. The second-order valence-corrected chi connectivity index (χ2v) is 8.18. The summed E-state index contributed by atoms with van der Waals surface area (Å²) in [6.45, 7) is 5.34. The van der Waals surface area contributed by atoms with Crippen LogP contribution >= 0.6 is 0 Å². The van der Waals surface area contributed by atoms with Gasteiger partial charge in [-0.05, 0) is 36.8 Å². The number of esters is 1. The first-order valence-corrected chi connectivity index (χ1v) is 10.6. The summed E-state index contributed by atoms with van der Waals surface area (Å²) in [5.74, 6) is -0.0617. The number of carbonyl (C=O) groups is 2. The summed E-state index contributed by atoms with van der Waals surface area (Å²) in [6, 6.07) is 7.35. The predicted molar refractivity (Wildman–Crippen MR) is 113 cm³/mol. The van der Waals surface area contributed by atoms with E-state index in [9.17, 15) is 14.4 Å². The molecule has 4 atom stereocenters. The first-order valence-electron chi connectivity index (χ1n) is 10.6. The minimum absolute atomic E-state index is 0.0116. The van der Waals surface area contributed by atoms with E-state index in [0.717, 1.165) is 0 Å². The quantitative estimate of drug-likeness (QED) is 0.604. The van der Waals surface area contributed by atoms with Crippen molar-refractivity contribution in [1.29, 1.82) is 0 Å². The van der Waals surface area contributed by atoms with Crippen LogP contribution in [0.25, 0.3) is 11.0 Å². The van der Waals surface area contributed by atoms with Gasteiger partial charge < -0.3 is 14.6 Å². The first kappa shape index (κ1) is 20.3. The van der Waals surface area contributed by atoms with Crippen LogP contribution in [0.15, 0.2) is 41.2 Å². The molecule has 7 heteroatoms. The summed E-state index contributed by atoms with van der Waals surface area (Å²) in [6.07, 6.45) is 4.71. The zero-order chi connectivity index (χ0) is 21.3. The molecule has 1 saturated heterocycles. The number of ether oxygens (including phenoxy) is 1. The molecule has 1 amide bonds. The lowest BCUT2D eigenvalue weighted by atomic mass is 9.72. The number of hydrogen-bond donors (Lipinski definition) is 1. The Labute approximate surface area is 175 Å². The molecule has 30 heavy (non-hydrogen) atoms. The molecule has 1 fully saturated rings. The van der Waals surface area contributed by atoms with Gasteiger partial charge in [-0.15, -0.1) is 0 Å². The summed E-state index contributed by atoms with van der Waals surface area (Å²) in [5, 5.41) is 0. The number of allylic oxidation sites excluding steroid dienone is 1. The number of H-pyrrole nitrogens is 1. The van der Waals surface area contributed by atoms with Gasteiger partial charge >= 0.3 is 5.97 Å². The second kappa shape index (κ2) is 8.42. The maximum absolute atomic E-state index is 12.9. The van der Waals surface area contributed by atoms with E-state index in [0.29, 0.717) is 42.8 Å². The molecule has 0 saturated carbocycles. The highest BCUT2D eigenvalue weighted by Crippen LogP contribution is 2.40. The van der Waals surface area contributed by atoms with Crippen LogP contribution in [0.5, 0.6) is 0 Å². The maximum Gasteiger partial charge on any atom is 0.309 e. The van der Waals surface area contributed by atoms with Gasteiger partial charge in [-0.1, -0.05) is 31.2 Å². The number of fused-ring (bicyclic) bond motifs is 2. The fraction of sp³-hybridized carbons (Fsp3) is 0.478. The van der Waals surface area contributed by atoms with Crippen molar-refractivity contribution in [2.45, 2.75) is 26.7 Å². The van der Waals surface area contributed by atoms with E-state index >= 15 is 0 Å². The number of aromatic nitrogens is 2. The van der Waals surface area contributed by atoms with Gasteiger partial charge in [0.05, 0.1) is 23.6 Å². The van der Waals surface area contributed by atoms with Crippen molar-refractivity contribution in [2.24, 2.45) is 23.7 Å². The highest BCUT2D eigenvalue weighted by molar-refractivity contribution is 5.78. The minimum atomic E-state index is -0.254. The summed E-state index contributed by atoms with van der Waals surface area (Å²) >= 11 is 0. The number of para-hydroxylation sites is 2. The Morgan fingerprint density at radius 3 is 2.83 bits per heavy atom. The highest BCUT2D eigenvalue weighted by atomic mass is 16.5. The Hall–Kier alpha value is -2.96. The van der Waals surface area contributed by atoms with E-state index in [4.69, 9.17) is 4.74 Å². The Balaban J connectivity index is 1.43. The number of aryl methyl sites for hydroxylation is 1. The Bertz CT molecular complexity index is 1040. The van der Waals surface area contributed by atoms with Crippen LogP contribution in [-0.2, 0) is 20.7 Å². The molecule has 1 aliphatic carbocycles. The molecule has 1 aromatic carbocycles. The molecule has 2 aliphatic rings. The number of likely N-dealkylation sites (tertiary alicyclic amines) is 1. The van der Waals surface area contributed by atoms with Crippen molar-refractivity contribution < 1.29 is 14.3 Å². The number of benzene rings is 1. The topological polar surface area (TPSA) is 92.4 Å². The van der Waals surface area contributed by atoms with Crippen LogP contribution in [0.3, 0.4) is 0 Å². The van der Waals surface area contributed by atoms with E-state index in [1.54, 1.807) is 6.07 Å². The molecule has 1 aromatic heterocycles. The smallest absolute Gasteiger partial charge is 0.309 e. The summed E-state index contributed by atoms with van der Waals surface area (Å²) in [4.78, 5) is 46.7. The Morgan fingerprint density at radius 1 is 1.23 bits per heavy atom. The predicted octanol–water partition coefficient (Wildman–Crippen LogP) is 2.32. The first-order chi connectivity index (χ1) is 14.5. The highest BCUT2D eigenvalue weighted by Gasteiger charge is 2.45. The van der Waals surface area contributed by atoms with Crippen molar-refractivity contribution in [3.05, 3.63) is 52.5 Å². The van der Waals surface area contributed by atoms with Crippen molar-refractivity contribution in [3.8, 4) is 0 Å². The molecular formula is C23H27N3O4. The molecule has 2 heterocycles. The number of carbonyl (C=O) groups excluding carboxylic acids is 2. The zero-order valence-corrected chi connectivity index (χ0v) is 17.3. The molecule has 0 spiro atoms. The fourth-order valence-corrected chi connectivity index (χ4v) is 4.72. The van der Waals surface area contributed by atoms with E-state index in [-0.39, 0.29) is 47.5 Å². The van der Waals surface area contributed by atoms with Crippen molar-refractivity contribution >= 4 is 22.9 Å². The van der Waals surface area contributed by atoms with Gasteiger partial charge in [-0.25, -0.2) is 4.98 Å². The number of amides is 1. The summed E-state index contributed by atoms with van der Waals surface area (Å²) < 4.78 is 5.29. The van der Waals surface area contributed by atoms with Crippen LogP contribution in [-0.4, -0.2) is 46.4 Å². The van der Waals surface area contributed by atoms with E-state index in [2.05, 4.69) is 22.1 Å². The van der Waals surface area contributed by atoms with Crippen molar-refractivity contribution in [3.63, 3.8) is 0 Å². The molecule has 0 unspecified atom stereocenters. The van der Waals surface area contributed by atoms with Gasteiger partial charge in [-0.3, -0.25) is 14.4 Å². The lowest BCUT2D eigenvalue weighted by Crippen LogP contribution is -2.37. The monoisotopic (exact) mass is 409 g/mol. The number of aromatic amines is 1. The normalized spacial score (nSPS) is 25.3. The average molecular weight is 409 g/mol.